The minimum Gasteiger partial charge on any atom is -0.381 e. The van der Waals surface area contributed by atoms with E-state index >= 15 is 0 Å². The molecule has 0 rings (SSSR count). The van der Waals surface area contributed by atoms with E-state index < -0.39 is 0 Å². The van der Waals surface area contributed by atoms with Crippen molar-refractivity contribution in [3.8, 4) is 6.07 Å². The lowest BCUT2D eigenvalue weighted by atomic mass is 9.93. The summed E-state index contributed by atoms with van der Waals surface area (Å²) in [7, 11) is 1.67. The fourth-order valence-corrected chi connectivity index (χ4v) is 0.739. The second-order valence-corrected chi connectivity index (χ2v) is 2.72. The molecule has 0 aromatic carbocycles. The van der Waals surface area contributed by atoms with E-state index in [-0.39, 0.29) is 12.0 Å². The first kappa shape index (κ1) is 9.45. The van der Waals surface area contributed by atoms with Crippen molar-refractivity contribution in [2.75, 3.05) is 7.11 Å². The Balaban J connectivity index is 3.84. The van der Waals surface area contributed by atoms with Crippen LogP contribution >= 0.6 is 0 Å². The van der Waals surface area contributed by atoms with E-state index in [0.29, 0.717) is 5.92 Å². The fourth-order valence-electron chi connectivity index (χ4n) is 0.739. The second-order valence-electron chi connectivity index (χ2n) is 2.72. The molecule has 3 unspecified atom stereocenters. The molecule has 0 aliphatic heterocycles. The highest BCUT2D eigenvalue weighted by atomic mass is 16.5. The lowest BCUT2D eigenvalue weighted by Crippen LogP contribution is -2.21. The molecule has 0 N–H and O–H groups in total. The summed E-state index contributed by atoms with van der Waals surface area (Å²) in [6, 6.07) is 2.20. The number of hydrogen-bond acceptors (Lipinski definition) is 2. The summed E-state index contributed by atoms with van der Waals surface area (Å²) < 4.78 is 5.08. The van der Waals surface area contributed by atoms with Crippen LogP contribution in [0.4, 0.5) is 0 Å². The summed E-state index contributed by atoms with van der Waals surface area (Å²) in [6.45, 7) is 5.93. The average Bonchev–Trinajstić information content (AvgIpc) is 2.00. The van der Waals surface area contributed by atoms with Gasteiger partial charge in [0.05, 0.1) is 12.2 Å². The van der Waals surface area contributed by atoms with Crippen LogP contribution in [-0.4, -0.2) is 13.2 Å². The largest absolute Gasteiger partial charge is 0.381 e. The van der Waals surface area contributed by atoms with Gasteiger partial charge in [-0.2, -0.15) is 5.26 Å². The maximum Gasteiger partial charge on any atom is 0.0656 e. The number of methoxy groups -OCH3 is 1. The highest BCUT2D eigenvalue weighted by Gasteiger charge is 2.17. The molecule has 10 heavy (non-hydrogen) atoms. The molecule has 0 fully saturated rings. The number of nitriles is 1. The van der Waals surface area contributed by atoms with Crippen LogP contribution in [0.2, 0.25) is 0 Å². The molecular formula is C8H15NO. The van der Waals surface area contributed by atoms with Gasteiger partial charge in [0.25, 0.3) is 0 Å². The summed E-state index contributed by atoms with van der Waals surface area (Å²) in [4.78, 5) is 0. The Kier molecular flexibility index (Phi) is 4.06. The Morgan fingerprint density at radius 3 is 2.10 bits per heavy atom. The van der Waals surface area contributed by atoms with Gasteiger partial charge in [-0.05, 0) is 19.8 Å². The van der Waals surface area contributed by atoms with E-state index in [9.17, 15) is 0 Å². The molecule has 2 heteroatoms. The van der Waals surface area contributed by atoms with Gasteiger partial charge in [-0.3, -0.25) is 0 Å². The first-order valence-electron chi connectivity index (χ1n) is 3.55. The molecule has 2 nitrogen and oxygen atoms in total. The van der Waals surface area contributed by atoms with Gasteiger partial charge in [-0.15, -0.1) is 0 Å². The molecule has 0 aromatic heterocycles. The van der Waals surface area contributed by atoms with E-state index in [1.807, 2.05) is 20.8 Å². The second kappa shape index (κ2) is 4.29. The van der Waals surface area contributed by atoms with Crippen LogP contribution < -0.4 is 0 Å². The van der Waals surface area contributed by atoms with Gasteiger partial charge in [0, 0.05) is 13.0 Å². The maximum absolute atomic E-state index is 8.54. The molecule has 58 valence electrons. The molecule has 0 saturated carbocycles. The SMILES string of the molecule is COC(C)C(C)C(C)C#N. The zero-order chi connectivity index (χ0) is 8.15. The van der Waals surface area contributed by atoms with Crippen molar-refractivity contribution in [1.82, 2.24) is 0 Å². The van der Waals surface area contributed by atoms with E-state index in [4.69, 9.17) is 10.00 Å². The van der Waals surface area contributed by atoms with Crippen molar-refractivity contribution in [3.05, 3.63) is 0 Å². The van der Waals surface area contributed by atoms with Gasteiger partial charge < -0.3 is 4.74 Å². The van der Waals surface area contributed by atoms with Crippen LogP contribution in [0.15, 0.2) is 0 Å². The lowest BCUT2D eigenvalue weighted by molar-refractivity contribution is 0.0614. The maximum atomic E-state index is 8.54. The average molecular weight is 141 g/mol. The molecule has 0 saturated heterocycles. The number of ether oxygens (including phenoxy) is 1. The zero-order valence-electron chi connectivity index (χ0n) is 7.09. The molecule has 0 radical (unpaired) electrons. The van der Waals surface area contributed by atoms with Crippen molar-refractivity contribution in [2.45, 2.75) is 26.9 Å². The van der Waals surface area contributed by atoms with Gasteiger partial charge in [0.1, 0.15) is 0 Å². The molecular weight excluding hydrogens is 126 g/mol. The Hall–Kier alpha value is -0.550. The molecule has 0 aliphatic carbocycles. The zero-order valence-corrected chi connectivity index (χ0v) is 7.09. The number of nitrogens with zero attached hydrogens (tertiary/aromatic N) is 1. The summed E-state index contributed by atoms with van der Waals surface area (Å²) >= 11 is 0. The van der Waals surface area contributed by atoms with E-state index in [2.05, 4.69) is 6.07 Å². The standard InChI is InChI=1S/C8H15NO/c1-6(5-9)7(2)8(3)10-4/h6-8H,1-4H3. The van der Waals surface area contributed by atoms with Crippen molar-refractivity contribution >= 4 is 0 Å². The number of hydrogen-bond donors (Lipinski definition) is 0. The topological polar surface area (TPSA) is 33.0 Å². The first-order chi connectivity index (χ1) is 4.63. The third kappa shape index (κ3) is 2.36. The quantitative estimate of drug-likeness (QED) is 0.600. The van der Waals surface area contributed by atoms with Crippen LogP contribution in [0.5, 0.6) is 0 Å². The molecule has 0 amide bonds. The minimum absolute atomic E-state index is 0.0787. The van der Waals surface area contributed by atoms with Gasteiger partial charge in [0.15, 0.2) is 0 Å². The predicted molar refractivity (Wildman–Crippen MR) is 40.4 cm³/mol. The summed E-state index contributed by atoms with van der Waals surface area (Å²) in [6.07, 6.45) is 0.176. The monoisotopic (exact) mass is 141 g/mol. The van der Waals surface area contributed by atoms with Gasteiger partial charge in [-0.1, -0.05) is 6.92 Å². The summed E-state index contributed by atoms with van der Waals surface area (Å²) in [5, 5.41) is 8.54. The summed E-state index contributed by atoms with van der Waals surface area (Å²) in [5.41, 5.74) is 0. The Labute approximate surface area is 62.8 Å². The van der Waals surface area contributed by atoms with Gasteiger partial charge in [0.2, 0.25) is 0 Å². The van der Waals surface area contributed by atoms with E-state index in [0.717, 1.165) is 0 Å². The van der Waals surface area contributed by atoms with Crippen molar-refractivity contribution in [2.24, 2.45) is 11.8 Å². The highest BCUT2D eigenvalue weighted by Crippen LogP contribution is 2.15. The third-order valence-corrected chi connectivity index (χ3v) is 2.10. The Bertz CT molecular complexity index is 128. The fraction of sp³-hybridized carbons (Fsp3) is 0.875. The molecule has 0 bridgehead atoms. The first-order valence-corrected chi connectivity index (χ1v) is 3.55. The van der Waals surface area contributed by atoms with Crippen molar-refractivity contribution in [3.63, 3.8) is 0 Å². The predicted octanol–water partition coefficient (Wildman–Crippen LogP) is 1.82. The van der Waals surface area contributed by atoms with Crippen LogP contribution in [0.25, 0.3) is 0 Å². The Morgan fingerprint density at radius 1 is 1.30 bits per heavy atom. The number of rotatable bonds is 3. The van der Waals surface area contributed by atoms with E-state index in [1.54, 1.807) is 7.11 Å². The normalized spacial score (nSPS) is 19.1. The van der Waals surface area contributed by atoms with Crippen LogP contribution in [0.1, 0.15) is 20.8 Å². The van der Waals surface area contributed by atoms with Crippen LogP contribution in [0.3, 0.4) is 0 Å². The van der Waals surface area contributed by atoms with E-state index in [1.165, 1.54) is 0 Å². The molecule has 3 atom stereocenters. The summed E-state index contributed by atoms with van der Waals surface area (Å²) in [5.74, 6) is 0.393. The van der Waals surface area contributed by atoms with Gasteiger partial charge in [-0.25, -0.2) is 0 Å². The highest BCUT2D eigenvalue weighted by molar-refractivity contribution is 4.84. The molecule has 0 aromatic rings. The lowest BCUT2D eigenvalue weighted by Gasteiger charge is -2.19. The molecule has 0 aliphatic rings. The van der Waals surface area contributed by atoms with Crippen LogP contribution in [-0.2, 0) is 4.74 Å². The molecule has 0 spiro atoms. The van der Waals surface area contributed by atoms with Crippen molar-refractivity contribution < 1.29 is 4.74 Å². The minimum atomic E-state index is 0.0787. The van der Waals surface area contributed by atoms with Crippen LogP contribution in [0, 0.1) is 23.2 Å². The smallest absolute Gasteiger partial charge is 0.0656 e. The third-order valence-electron chi connectivity index (χ3n) is 2.10. The van der Waals surface area contributed by atoms with Crippen molar-refractivity contribution in [1.29, 1.82) is 5.26 Å². The Morgan fingerprint density at radius 2 is 1.80 bits per heavy atom. The molecule has 0 heterocycles. The van der Waals surface area contributed by atoms with Gasteiger partial charge >= 0.3 is 0 Å².